The third-order valence-corrected chi connectivity index (χ3v) is 5.67. The number of carbonyl (C=O) groups excluding carboxylic acids is 1. The predicted molar refractivity (Wildman–Crippen MR) is 115 cm³/mol. The smallest absolute Gasteiger partial charge is 0.337 e. The van der Waals surface area contributed by atoms with E-state index >= 15 is 0 Å². The fourth-order valence-corrected chi connectivity index (χ4v) is 4.13. The van der Waals surface area contributed by atoms with Gasteiger partial charge in [-0.15, -0.1) is 0 Å². The van der Waals surface area contributed by atoms with Crippen LogP contribution in [0.2, 0.25) is 0 Å². The van der Waals surface area contributed by atoms with Crippen molar-refractivity contribution in [3.8, 4) is 5.75 Å². The van der Waals surface area contributed by atoms with E-state index in [1.165, 1.54) is 23.4 Å². The number of methoxy groups -OCH3 is 1. The second kappa shape index (κ2) is 9.10. The first-order valence-electron chi connectivity index (χ1n) is 10.3. The maximum atomic E-state index is 11.5. The van der Waals surface area contributed by atoms with Crippen LogP contribution in [0.5, 0.6) is 5.75 Å². The minimum absolute atomic E-state index is 0.217. The van der Waals surface area contributed by atoms with Crippen molar-refractivity contribution in [1.82, 2.24) is 5.32 Å². The summed E-state index contributed by atoms with van der Waals surface area (Å²) in [7, 11) is 1.39. The number of ether oxygens (including phenoxy) is 2. The van der Waals surface area contributed by atoms with Crippen LogP contribution in [0.3, 0.4) is 0 Å². The molecule has 4 heteroatoms. The molecule has 29 heavy (non-hydrogen) atoms. The highest BCUT2D eigenvalue weighted by Crippen LogP contribution is 2.25. The van der Waals surface area contributed by atoms with Crippen LogP contribution in [0, 0.1) is 0 Å². The summed E-state index contributed by atoms with van der Waals surface area (Å²) in [4.78, 5) is 11.5. The highest BCUT2D eigenvalue weighted by molar-refractivity contribution is 5.89. The molecule has 3 aromatic carbocycles. The van der Waals surface area contributed by atoms with Crippen molar-refractivity contribution in [2.45, 2.75) is 37.8 Å². The lowest BCUT2D eigenvalue weighted by atomic mass is 10.0. The van der Waals surface area contributed by atoms with Gasteiger partial charge in [-0.25, -0.2) is 4.79 Å². The van der Waals surface area contributed by atoms with Gasteiger partial charge in [0.25, 0.3) is 0 Å². The molecule has 1 saturated carbocycles. The van der Waals surface area contributed by atoms with Gasteiger partial charge in [0, 0.05) is 6.04 Å². The molecule has 4 rings (SSSR count). The van der Waals surface area contributed by atoms with Crippen molar-refractivity contribution in [2.75, 3.05) is 13.7 Å². The normalized spacial score (nSPS) is 18.7. The van der Waals surface area contributed by atoms with Gasteiger partial charge in [-0.3, -0.25) is 0 Å². The first kappa shape index (κ1) is 19.5. The van der Waals surface area contributed by atoms with Gasteiger partial charge in [0.15, 0.2) is 0 Å². The summed E-state index contributed by atoms with van der Waals surface area (Å²) in [6.07, 6.45) is 4.42. The maximum Gasteiger partial charge on any atom is 0.337 e. The Morgan fingerprint density at radius 3 is 2.62 bits per heavy atom. The lowest BCUT2D eigenvalue weighted by molar-refractivity contribution is 0.0600. The summed E-state index contributed by atoms with van der Waals surface area (Å²) in [5.41, 5.74) is 1.94. The van der Waals surface area contributed by atoms with Crippen molar-refractivity contribution < 1.29 is 14.3 Å². The van der Waals surface area contributed by atoms with Gasteiger partial charge in [0.05, 0.1) is 12.7 Å². The molecule has 0 saturated heterocycles. The van der Waals surface area contributed by atoms with Crippen molar-refractivity contribution in [3.63, 3.8) is 0 Å². The van der Waals surface area contributed by atoms with E-state index in [0.717, 1.165) is 38.0 Å². The summed E-state index contributed by atoms with van der Waals surface area (Å²) in [6.45, 7) is 0.971. The molecule has 1 N–H and O–H groups in total. The highest BCUT2D eigenvalue weighted by Gasteiger charge is 2.25. The Hall–Kier alpha value is -2.85. The topological polar surface area (TPSA) is 47.6 Å². The van der Waals surface area contributed by atoms with Crippen LogP contribution in [-0.2, 0) is 11.2 Å². The third-order valence-electron chi connectivity index (χ3n) is 5.67. The fraction of sp³-hybridized carbons (Fsp3) is 0.320. The van der Waals surface area contributed by atoms with Gasteiger partial charge in [0.2, 0.25) is 0 Å². The Balaban J connectivity index is 1.25. The quantitative estimate of drug-likeness (QED) is 0.592. The molecule has 0 bridgehead atoms. The predicted octanol–water partition coefficient (Wildman–Crippen LogP) is 4.76. The van der Waals surface area contributed by atoms with E-state index in [-0.39, 0.29) is 12.1 Å². The SMILES string of the molecule is COC(=O)c1ccc(OC2CCC(NCCc3cccc4ccccc34)C2)cc1. The van der Waals surface area contributed by atoms with E-state index in [9.17, 15) is 4.79 Å². The molecule has 0 aromatic heterocycles. The van der Waals surface area contributed by atoms with Crippen molar-refractivity contribution in [2.24, 2.45) is 0 Å². The molecule has 0 heterocycles. The molecule has 1 aliphatic carbocycles. The molecule has 4 nitrogen and oxygen atoms in total. The molecule has 0 aliphatic heterocycles. The lowest BCUT2D eigenvalue weighted by Gasteiger charge is -2.16. The Kier molecular flexibility index (Phi) is 6.11. The molecule has 0 spiro atoms. The molecule has 150 valence electrons. The summed E-state index contributed by atoms with van der Waals surface area (Å²) in [6, 6.07) is 22.8. The van der Waals surface area contributed by atoms with Gasteiger partial charge < -0.3 is 14.8 Å². The highest BCUT2D eigenvalue weighted by atomic mass is 16.5. The number of rotatable bonds is 7. The average Bonchev–Trinajstić information content (AvgIpc) is 3.21. The van der Waals surface area contributed by atoms with Crippen LogP contribution in [0.1, 0.15) is 35.2 Å². The van der Waals surface area contributed by atoms with Crippen LogP contribution in [-0.4, -0.2) is 31.8 Å². The van der Waals surface area contributed by atoms with Crippen LogP contribution in [0.15, 0.2) is 66.7 Å². The van der Waals surface area contributed by atoms with E-state index in [2.05, 4.69) is 47.8 Å². The molecule has 0 amide bonds. The van der Waals surface area contributed by atoms with E-state index in [0.29, 0.717) is 11.6 Å². The average molecular weight is 389 g/mol. The Bertz CT molecular complexity index is 962. The van der Waals surface area contributed by atoms with Crippen LogP contribution in [0.25, 0.3) is 10.8 Å². The zero-order valence-corrected chi connectivity index (χ0v) is 16.8. The largest absolute Gasteiger partial charge is 0.490 e. The number of benzene rings is 3. The molecule has 2 atom stereocenters. The Morgan fingerprint density at radius 1 is 1.00 bits per heavy atom. The minimum atomic E-state index is -0.326. The van der Waals surface area contributed by atoms with E-state index < -0.39 is 0 Å². The van der Waals surface area contributed by atoms with Crippen molar-refractivity contribution >= 4 is 16.7 Å². The Morgan fingerprint density at radius 2 is 1.79 bits per heavy atom. The standard InChI is InChI=1S/C25H27NO3/c1-28-25(27)20-9-12-22(13-10-20)29-23-14-11-21(17-23)26-16-15-19-7-4-6-18-5-2-3-8-24(18)19/h2-10,12-13,21,23,26H,11,14-17H2,1H3. The summed E-state index contributed by atoms with van der Waals surface area (Å²) in [5, 5.41) is 6.35. The zero-order valence-electron chi connectivity index (χ0n) is 16.8. The van der Waals surface area contributed by atoms with E-state index in [1.54, 1.807) is 12.1 Å². The number of nitrogens with one attached hydrogen (secondary N) is 1. The zero-order chi connectivity index (χ0) is 20.1. The first-order valence-corrected chi connectivity index (χ1v) is 10.3. The molecule has 1 aliphatic rings. The van der Waals surface area contributed by atoms with Gasteiger partial charge in [-0.1, -0.05) is 42.5 Å². The van der Waals surface area contributed by atoms with Crippen LogP contribution in [0.4, 0.5) is 0 Å². The Labute approximate surface area is 171 Å². The molecule has 1 fully saturated rings. The number of fused-ring (bicyclic) bond motifs is 1. The second-order valence-corrected chi connectivity index (χ2v) is 7.61. The van der Waals surface area contributed by atoms with Crippen LogP contribution >= 0.6 is 0 Å². The fourth-order valence-electron chi connectivity index (χ4n) is 4.13. The number of hydrogen-bond donors (Lipinski definition) is 1. The number of esters is 1. The molecule has 3 aromatic rings. The summed E-state index contributed by atoms with van der Waals surface area (Å²) in [5.74, 6) is 0.479. The van der Waals surface area contributed by atoms with E-state index in [4.69, 9.17) is 9.47 Å². The second-order valence-electron chi connectivity index (χ2n) is 7.61. The van der Waals surface area contributed by atoms with Gasteiger partial charge >= 0.3 is 5.97 Å². The van der Waals surface area contributed by atoms with E-state index in [1.807, 2.05) is 12.1 Å². The summed E-state index contributed by atoms with van der Waals surface area (Å²) >= 11 is 0. The van der Waals surface area contributed by atoms with Crippen molar-refractivity contribution in [1.29, 1.82) is 0 Å². The molecule has 2 unspecified atom stereocenters. The van der Waals surface area contributed by atoms with Crippen LogP contribution < -0.4 is 10.1 Å². The van der Waals surface area contributed by atoms with Gasteiger partial charge in [-0.2, -0.15) is 0 Å². The maximum absolute atomic E-state index is 11.5. The molecular formula is C25H27NO3. The molecule has 0 radical (unpaired) electrons. The van der Waals surface area contributed by atoms with Gasteiger partial charge in [-0.05, 0) is 72.8 Å². The monoisotopic (exact) mass is 389 g/mol. The minimum Gasteiger partial charge on any atom is -0.490 e. The molecular weight excluding hydrogens is 362 g/mol. The number of hydrogen-bond acceptors (Lipinski definition) is 4. The summed E-state index contributed by atoms with van der Waals surface area (Å²) < 4.78 is 10.8. The number of carbonyl (C=O) groups is 1. The third kappa shape index (κ3) is 4.77. The lowest BCUT2D eigenvalue weighted by Crippen LogP contribution is -2.29. The van der Waals surface area contributed by atoms with Gasteiger partial charge in [0.1, 0.15) is 11.9 Å². The van der Waals surface area contributed by atoms with Crippen molar-refractivity contribution in [3.05, 3.63) is 77.9 Å². The first-order chi connectivity index (χ1) is 14.2.